The summed E-state index contributed by atoms with van der Waals surface area (Å²) in [7, 11) is 0. The first-order valence-electron chi connectivity index (χ1n) is 10.1. The van der Waals surface area contributed by atoms with Crippen molar-refractivity contribution in [2.45, 2.75) is 45.9 Å². The van der Waals surface area contributed by atoms with Crippen LogP contribution in [0.3, 0.4) is 0 Å². The summed E-state index contributed by atoms with van der Waals surface area (Å²) in [6.45, 7) is 10.6. The van der Waals surface area contributed by atoms with E-state index in [1.165, 1.54) is 29.7 Å². The van der Waals surface area contributed by atoms with Crippen LogP contribution in [0.5, 0.6) is 0 Å². The van der Waals surface area contributed by atoms with Crippen LogP contribution in [0.15, 0.2) is 29.3 Å². The molecule has 0 aliphatic carbocycles. The lowest BCUT2D eigenvalue weighted by Crippen LogP contribution is -2.40. The predicted molar refractivity (Wildman–Crippen MR) is 118 cm³/mol. The van der Waals surface area contributed by atoms with Gasteiger partial charge in [0.25, 0.3) is 0 Å². The minimum atomic E-state index is 0.330. The third-order valence-electron chi connectivity index (χ3n) is 4.55. The number of nitrogens with one attached hydrogen (secondary N) is 2. The highest BCUT2D eigenvalue weighted by Crippen LogP contribution is 2.12. The molecule has 1 aromatic carbocycles. The number of unbranched alkanes of at least 4 members (excludes halogenated alkanes) is 1. The Morgan fingerprint density at radius 3 is 2.93 bits per heavy atom. The van der Waals surface area contributed by atoms with Crippen molar-refractivity contribution in [3.63, 3.8) is 0 Å². The van der Waals surface area contributed by atoms with Crippen molar-refractivity contribution in [1.82, 2.24) is 15.5 Å². The van der Waals surface area contributed by atoms with Crippen LogP contribution >= 0.6 is 11.8 Å². The van der Waals surface area contributed by atoms with E-state index in [1.807, 2.05) is 11.8 Å². The van der Waals surface area contributed by atoms with Crippen molar-refractivity contribution in [2.75, 3.05) is 44.8 Å². The molecule has 0 saturated carbocycles. The first-order valence-corrected chi connectivity index (χ1v) is 11.5. The lowest BCUT2D eigenvalue weighted by Gasteiger charge is -2.31. The maximum atomic E-state index is 5.64. The van der Waals surface area contributed by atoms with Crippen LogP contribution in [-0.2, 0) is 17.8 Å². The van der Waals surface area contributed by atoms with Crippen LogP contribution in [0.4, 0.5) is 0 Å². The van der Waals surface area contributed by atoms with E-state index in [1.54, 1.807) is 0 Å². The van der Waals surface area contributed by atoms with Gasteiger partial charge in [0.15, 0.2) is 5.96 Å². The van der Waals surface area contributed by atoms with Crippen LogP contribution in [0.1, 0.15) is 37.8 Å². The predicted octanol–water partition coefficient (Wildman–Crippen LogP) is 3.11. The molecule has 1 unspecified atom stereocenters. The minimum absolute atomic E-state index is 0.330. The van der Waals surface area contributed by atoms with Crippen LogP contribution in [0.25, 0.3) is 0 Å². The highest BCUT2D eigenvalue weighted by molar-refractivity contribution is 7.98. The molecule has 2 N–H and O–H groups in total. The average molecular weight is 393 g/mol. The van der Waals surface area contributed by atoms with Crippen molar-refractivity contribution in [2.24, 2.45) is 4.99 Å². The zero-order valence-corrected chi connectivity index (χ0v) is 18.0. The Bertz CT molecular complexity index is 567. The SMILES string of the molecule is CCNC(=NCc1cccc(CN2CCOC(C)C2)c1)NCCCCSC. The van der Waals surface area contributed by atoms with E-state index in [9.17, 15) is 0 Å². The quantitative estimate of drug-likeness (QED) is 0.364. The number of hydrogen-bond donors (Lipinski definition) is 2. The Hall–Kier alpha value is -1.24. The number of morpholine rings is 1. The van der Waals surface area contributed by atoms with E-state index in [2.05, 4.69) is 59.9 Å². The van der Waals surface area contributed by atoms with Gasteiger partial charge in [0.1, 0.15) is 0 Å². The summed E-state index contributed by atoms with van der Waals surface area (Å²) in [5.74, 6) is 2.14. The van der Waals surface area contributed by atoms with Gasteiger partial charge >= 0.3 is 0 Å². The molecule has 1 heterocycles. The van der Waals surface area contributed by atoms with E-state index >= 15 is 0 Å². The Kier molecular flexibility index (Phi) is 10.6. The normalized spacial score (nSPS) is 18.5. The summed E-state index contributed by atoms with van der Waals surface area (Å²) in [6, 6.07) is 8.80. The second kappa shape index (κ2) is 13.0. The Balaban J connectivity index is 1.85. The van der Waals surface area contributed by atoms with Gasteiger partial charge in [0.05, 0.1) is 19.3 Å². The topological polar surface area (TPSA) is 48.9 Å². The van der Waals surface area contributed by atoms with Gasteiger partial charge in [-0.2, -0.15) is 11.8 Å². The zero-order valence-electron chi connectivity index (χ0n) is 17.2. The van der Waals surface area contributed by atoms with Crippen LogP contribution < -0.4 is 10.6 Å². The maximum absolute atomic E-state index is 5.64. The molecule has 1 aliphatic rings. The van der Waals surface area contributed by atoms with Crippen LogP contribution in [-0.4, -0.2) is 61.8 Å². The van der Waals surface area contributed by atoms with Gasteiger partial charge in [-0.15, -0.1) is 0 Å². The maximum Gasteiger partial charge on any atom is 0.191 e. The molecular formula is C21H36N4OS. The molecular weight excluding hydrogens is 356 g/mol. The van der Waals surface area contributed by atoms with Crippen molar-refractivity contribution >= 4 is 17.7 Å². The fourth-order valence-electron chi connectivity index (χ4n) is 3.21. The highest BCUT2D eigenvalue weighted by atomic mass is 32.2. The summed E-state index contributed by atoms with van der Waals surface area (Å²) in [5.41, 5.74) is 2.61. The Morgan fingerprint density at radius 1 is 1.30 bits per heavy atom. The third kappa shape index (κ3) is 9.00. The number of guanidine groups is 1. The van der Waals surface area contributed by atoms with Gasteiger partial charge < -0.3 is 15.4 Å². The Morgan fingerprint density at radius 2 is 2.15 bits per heavy atom. The molecule has 0 spiro atoms. The summed E-state index contributed by atoms with van der Waals surface area (Å²) in [5, 5.41) is 6.78. The molecule has 1 fully saturated rings. The van der Waals surface area contributed by atoms with Gasteiger partial charge in [0.2, 0.25) is 0 Å². The number of rotatable bonds is 10. The molecule has 27 heavy (non-hydrogen) atoms. The molecule has 152 valence electrons. The van der Waals surface area contributed by atoms with Crippen molar-refractivity contribution in [3.8, 4) is 0 Å². The molecule has 1 atom stereocenters. The van der Waals surface area contributed by atoms with Crippen molar-refractivity contribution in [3.05, 3.63) is 35.4 Å². The third-order valence-corrected chi connectivity index (χ3v) is 5.25. The zero-order chi connectivity index (χ0) is 19.3. The molecule has 0 aromatic heterocycles. The molecule has 6 heteroatoms. The number of ether oxygens (including phenoxy) is 1. The number of nitrogens with zero attached hydrogens (tertiary/aromatic N) is 2. The lowest BCUT2D eigenvalue weighted by molar-refractivity contribution is -0.0212. The molecule has 0 amide bonds. The summed E-state index contributed by atoms with van der Waals surface area (Å²) >= 11 is 1.91. The standard InChI is InChI=1S/C21H36N4OS/c1-4-22-21(23-10-5-6-13-27-3)24-15-19-8-7-9-20(14-19)17-25-11-12-26-18(2)16-25/h7-9,14,18H,4-6,10-13,15-17H2,1-3H3,(H2,22,23,24). The Labute approximate surface area is 169 Å². The molecule has 1 aliphatic heterocycles. The monoisotopic (exact) mass is 392 g/mol. The molecule has 1 aromatic rings. The fourth-order valence-corrected chi connectivity index (χ4v) is 3.70. The lowest BCUT2D eigenvalue weighted by atomic mass is 10.1. The highest BCUT2D eigenvalue weighted by Gasteiger charge is 2.16. The second-order valence-electron chi connectivity index (χ2n) is 7.06. The largest absolute Gasteiger partial charge is 0.376 e. The summed E-state index contributed by atoms with van der Waals surface area (Å²) in [4.78, 5) is 7.23. The first-order chi connectivity index (χ1) is 13.2. The van der Waals surface area contributed by atoms with Gasteiger partial charge in [0, 0.05) is 32.7 Å². The molecule has 2 rings (SSSR count). The molecule has 5 nitrogen and oxygen atoms in total. The van der Waals surface area contributed by atoms with Crippen molar-refractivity contribution in [1.29, 1.82) is 0 Å². The first kappa shape index (κ1) is 22.1. The number of hydrogen-bond acceptors (Lipinski definition) is 4. The van der Waals surface area contributed by atoms with Gasteiger partial charge in [-0.05, 0) is 49.8 Å². The van der Waals surface area contributed by atoms with Crippen LogP contribution in [0, 0.1) is 0 Å². The van der Waals surface area contributed by atoms with Gasteiger partial charge in [-0.3, -0.25) is 4.90 Å². The van der Waals surface area contributed by atoms with E-state index in [0.717, 1.165) is 45.3 Å². The van der Waals surface area contributed by atoms with Gasteiger partial charge in [-0.1, -0.05) is 24.3 Å². The van der Waals surface area contributed by atoms with E-state index in [0.29, 0.717) is 12.6 Å². The van der Waals surface area contributed by atoms with E-state index in [-0.39, 0.29) is 0 Å². The molecule has 1 saturated heterocycles. The number of thioether (sulfide) groups is 1. The number of aliphatic imine (C=N–C) groups is 1. The average Bonchev–Trinajstić information content (AvgIpc) is 2.66. The van der Waals surface area contributed by atoms with E-state index in [4.69, 9.17) is 9.73 Å². The van der Waals surface area contributed by atoms with Gasteiger partial charge in [-0.25, -0.2) is 4.99 Å². The summed E-state index contributed by atoms with van der Waals surface area (Å²) < 4.78 is 5.64. The van der Waals surface area contributed by atoms with Crippen LogP contribution in [0.2, 0.25) is 0 Å². The van der Waals surface area contributed by atoms with Crippen molar-refractivity contribution < 1.29 is 4.74 Å². The molecule has 0 radical (unpaired) electrons. The van der Waals surface area contributed by atoms with E-state index < -0.39 is 0 Å². The molecule has 0 bridgehead atoms. The minimum Gasteiger partial charge on any atom is -0.376 e. The summed E-state index contributed by atoms with van der Waals surface area (Å²) in [6.07, 6.45) is 4.91. The second-order valence-corrected chi connectivity index (χ2v) is 8.04. The number of benzene rings is 1. The smallest absolute Gasteiger partial charge is 0.191 e. The fraction of sp³-hybridized carbons (Fsp3) is 0.667.